The van der Waals surface area contributed by atoms with E-state index in [0.29, 0.717) is 11.4 Å². The summed E-state index contributed by atoms with van der Waals surface area (Å²) in [5.74, 6) is -0.354. The van der Waals surface area contributed by atoms with Gasteiger partial charge in [-0.1, -0.05) is 0 Å². The number of anilines is 2. The number of nitrogens with one attached hydrogen (secondary N) is 1. The lowest BCUT2D eigenvalue weighted by Crippen LogP contribution is -2.19. The average Bonchev–Trinajstić information content (AvgIpc) is 3.16. The fourth-order valence-electron chi connectivity index (χ4n) is 2.91. The van der Waals surface area contributed by atoms with Crippen LogP contribution in [0.1, 0.15) is 23.2 Å². The van der Waals surface area contributed by atoms with Crippen molar-refractivity contribution >= 4 is 34.7 Å². The zero-order valence-electron chi connectivity index (χ0n) is 13.9. The number of nitro benzene ring substituents is 1. The van der Waals surface area contributed by atoms with Crippen LogP contribution in [-0.2, 0) is 0 Å². The van der Waals surface area contributed by atoms with Crippen molar-refractivity contribution in [1.29, 1.82) is 0 Å². The van der Waals surface area contributed by atoms with Crippen molar-refractivity contribution in [1.82, 2.24) is 0 Å². The van der Waals surface area contributed by atoms with E-state index in [1.165, 1.54) is 6.07 Å². The third-order valence-corrected chi connectivity index (χ3v) is 4.97. The largest absolute Gasteiger partial charge is 0.366 e. The molecule has 7 heteroatoms. The molecular weight excluding hydrogens is 338 g/mol. The van der Waals surface area contributed by atoms with Crippen LogP contribution < -0.4 is 10.2 Å². The van der Waals surface area contributed by atoms with Gasteiger partial charge in [-0.25, -0.2) is 0 Å². The molecule has 1 N–H and O–H groups in total. The van der Waals surface area contributed by atoms with Gasteiger partial charge in [0, 0.05) is 35.3 Å². The van der Waals surface area contributed by atoms with E-state index in [1.54, 1.807) is 23.9 Å². The lowest BCUT2D eigenvalue weighted by Gasteiger charge is -2.17. The van der Waals surface area contributed by atoms with Crippen molar-refractivity contribution in [2.45, 2.75) is 17.7 Å². The van der Waals surface area contributed by atoms with Gasteiger partial charge in [-0.2, -0.15) is 0 Å². The SMILES string of the molecule is CSc1ccc(NC(=O)c2ccc(N3CCCC3)c([N+](=O)[O-])c2)cc1. The molecular formula is C18H19N3O3S. The molecule has 0 unspecified atom stereocenters. The maximum absolute atomic E-state index is 12.4. The molecule has 1 amide bonds. The van der Waals surface area contributed by atoms with Crippen molar-refractivity contribution < 1.29 is 9.72 Å². The fraction of sp³-hybridized carbons (Fsp3) is 0.278. The first-order valence-electron chi connectivity index (χ1n) is 8.07. The average molecular weight is 357 g/mol. The summed E-state index contributed by atoms with van der Waals surface area (Å²) in [5.41, 5.74) is 1.51. The Morgan fingerprint density at radius 2 is 1.84 bits per heavy atom. The molecule has 2 aromatic rings. The number of hydrogen-bond acceptors (Lipinski definition) is 5. The summed E-state index contributed by atoms with van der Waals surface area (Å²) in [4.78, 5) is 26.5. The Bertz CT molecular complexity index is 787. The van der Waals surface area contributed by atoms with Gasteiger partial charge in [0.25, 0.3) is 11.6 Å². The van der Waals surface area contributed by atoms with E-state index in [2.05, 4.69) is 5.32 Å². The summed E-state index contributed by atoms with van der Waals surface area (Å²) in [6.07, 6.45) is 4.05. The second kappa shape index (κ2) is 7.57. The highest BCUT2D eigenvalue weighted by atomic mass is 32.2. The molecule has 1 aliphatic heterocycles. The molecule has 1 fully saturated rings. The number of benzene rings is 2. The van der Waals surface area contributed by atoms with Crippen molar-refractivity contribution in [2.24, 2.45) is 0 Å². The lowest BCUT2D eigenvalue weighted by molar-refractivity contribution is -0.384. The molecule has 25 heavy (non-hydrogen) atoms. The molecule has 0 radical (unpaired) electrons. The number of nitro groups is 1. The highest BCUT2D eigenvalue weighted by Crippen LogP contribution is 2.32. The Balaban J connectivity index is 1.82. The van der Waals surface area contributed by atoms with Gasteiger partial charge in [-0.3, -0.25) is 14.9 Å². The van der Waals surface area contributed by atoms with Gasteiger partial charge >= 0.3 is 0 Å². The summed E-state index contributed by atoms with van der Waals surface area (Å²) in [6.45, 7) is 1.63. The minimum atomic E-state index is -0.419. The van der Waals surface area contributed by atoms with E-state index < -0.39 is 4.92 Å². The predicted molar refractivity (Wildman–Crippen MR) is 101 cm³/mol. The summed E-state index contributed by atoms with van der Waals surface area (Å²) >= 11 is 1.62. The molecule has 0 aliphatic carbocycles. The van der Waals surface area contributed by atoms with Crippen LogP contribution in [0.2, 0.25) is 0 Å². The van der Waals surface area contributed by atoms with Gasteiger partial charge in [0.15, 0.2) is 0 Å². The zero-order valence-corrected chi connectivity index (χ0v) is 14.7. The molecule has 0 bridgehead atoms. The van der Waals surface area contributed by atoms with Crippen molar-refractivity contribution in [2.75, 3.05) is 29.6 Å². The van der Waals surface area contributed by atoms with Crippen LogP contribution in [0, 0.1) is 10.1 Å². The molecule has 0 spiro atoms. The monoisotopic (exact) mass is 357 g/mol. The maximum Gasteiger partial charge on any atom is 0.293 e. The van der Waals surface area contributed by atoms with Crippen LogP contribution in [-0.4, -0.2) is 30.2 Å². The van der Waals surface area contributed by atoms with E-state index in [0.717, 1.165) is 30.8 Å². The zero-order chi connectivity index (χ0) is 17.8. The number of carbonyl (C=O) groups is 1. The van der Waals surface area contributed by atoms with Crippen LogP contribution in [0.5, 0.6) is 0 Å². The molecule has 0 aromatic heterocycles. The Hall–Kier alpha value is -2.54. The summed E-state index contributed by atoms with van der Waals surface area (Å²) < 4.78 is 0. The first-order chi connectivity index (χ1) is 12.1. The van der Waals surface area contributed by atoms with Gasteiger partial charge in [-0.05, 0) is 55.5 Å². The smallest absolute Gasteiger partial charge is 0.293 e. The summed E-state index contributed by atoms with van der Waals surface area (Å²) in [7, 11) is 0. The predicted octanol–water partition coefficient (Wildman–Crippen LogP) is 4.17. The number of thioether (sulfide) groups is 1. The highest BCUT2D eigenvalue weighted by molar-refractivity contribution is 7.98. The Morgan fingerprint density at radius 3 is 2.44 bits per heavy atom. The normalized spacial score (nSPS) is 13.7. The standard InChI is InChI=1S/C18H19N3O3S/c1-25-15-7-5-14(6-8-15)19-18(22)13-4-9-16(17(12-13)21(23)24)20-10-2-3-11-20/h4-9,12H,2-3,10-11H2,1H3,(H,19,22). The van der Waals surface area contributed by atoms with Gasteiger partial charge in [0.2, 0.25) is 0 Å². The van der Waals surface area contributed by atoms with E-state index in [4.69, 9.17) is 0 Å². The second-order valence-corrected chi connectivity index (χ2v) is 6.72. The molecule has 1 heterocycles. The maximum atomic E-state index is 12.4. The number of rotatable bonds is 5. The molecule has 130 valence electrons. The van der Waals surface area contributed by atoms with E-state index in [1.807, 2.05) is 35.4 Å². The summed E-state index contributed by atoms with van der Waals surface area (Å²) in [6, 6.07) is 12.1. The van der Waals surface area contributed by atoms with Crippen LogP contribution in [0.4, 0.5) is 17.1 Å². The molecule has 1 saturated heterocycles. The minimum Gasteiger partial charge on any atom is -0.366 e. The van der Waals surface area contributed by atoms with Crippen LogP contribution in [0.3, 0.4) is 0 Å². The van der Waals surface area contributed by atoms with Crippen LogP contribution >= 0.6 is 11.8 Å². The number of nitrogens with zero attached hydrogens (tertiary/aromatic N) is 2. The lowest BCUT2D eigenvalue weighted by atomic mass is 10.1. The number of amides is 1. The van der Waals surface area contributed by atoms with Gasteiger partial charge in [0.05, 0.1) is 4.92 Å². The van der Waals surface area contributed by atoms with Crippen molar-refractivity contribution in [3.8, 4) is 0 Å². The number of carbonyl (C=O) groups excluding carboxylic acids is 1. The van der Waals surface area contributed by atoms with E-state index >= 15 is 0 Å². The van der Waals surface area contributed by atoms with Crippen molar-refractivity contribution in [3.05, 3.63) is 58.1 Å². The van der Waals surface area contributed by atoms with Gasteiger partial charge in [-0.15, -0.1) is 11.8 Å². The van der Waals surface area contributed by atoms with Crippen molar-refractivity contribution in [3.63, 3.8) is 0 Å². The molecule has 3 rings (SSSR count). The molecule has 2 aromatic carbocycles. The van der Waals surface area contributed by atoms with Crippen LogP contribution in [0.15, 0.2) is 47.4 Å². The highest BCUT2D eigenvalue weighted by Gasteiger charge is 2.23. The van der Waals surface area contributed by atoms with Gasteiger partial charge < -0.3 is 10.2 Å². The molecule has 1 aliphatic rings. The van der Waals surface area contributed by atoms with Crippen LogP contribution in [0.25, 0.3) is 0 Å². The van der Waals surface area contributed by atoms with Gasteiger partial charge in [0.1, 0.15) is 5.69 Å². The van der Waals surface area contributed by atoms with E-state index in [9.17, 15) is 14.9 Å². The fourth-order valence-corrected chi connectivity index (χ4v) is 3.32. The summed E-state index contributed by atoms with van der Waals surface area (Å²) in [5, 5.41) is 14.2. The third-order valence-electron chi connectivity index (χ3n) is 4.23. The van der Waals surface area contributed by atoms with E-state index in [-0.39, 0.29) is 17.2 Å². The number of hydrogen-bond donors (Lipinski definition) is 1. The molecule has 0 saturated carbocycles. The second-order valence-electron chi connectivity index (χ2n) is 5.84. The molecule has 6 nitrogen and oxygen atoms in total. The minimum absolute atomic E-state index is 0.0210. The Morgan fingerprint density at radius 1 is 1.16 bits per heavy atom. The first-order valence-corrected chi connectivity index (χ1v) is 9.30. The first kappa shape index (κ1) is 17.3. The third kappa shape index (κ3) is 3.93. The topological polar surface area (TPSA) is 75.5 Å². The quantitative estimate of drug-likeness (QED) is 0.494. The molecule has 0 atom stereocenters. The Labute approximate surface area is 150 Å². The Kier molecular flexibility index (Phi) is 5.23.